The van der Waals surface area contributed by atoms with Crippen LogP contribution in [0.25, 0.3) is 0 Å². The molecule has 0 bridgehead atoms. The maximum atomic E-state index is 5.48. The quantitative estimate of drug-likeness (QED) is 0.806. The van der Waals surface area contributed by atoms with E-state index in [9.17, 15) is 0 Å². The number of nitrogens with zero attached hydrogens (tertiary/aromatic N) is 3. The normalized spacial score (nSPS) is 23.2. The van der Waals surface area contributed by atoms with Crippen LogP contribution in [-0.4, -0.2) is 30.1 Å². The van der Waals surface area contributed by atoms with E-state index in [0.717, 1.165) is 36.3 Å². The molecule has 0 saturated heterocycles. The molecule has 4 heteroatoms. The van der Waals surface area contributed by atoms with E-state index in [1.807, 2.05) is 12.4 Å². The van der Waals surface area contributed by atoms with Gasteiger partial charge in [0.2, 0.25) is 5.95 Å². The number of rotatable bonds is 5. The smallest absolute Gasteiger partial charge is 0.225 e. The molecule has 1 aliphatic carbocycles. The fraction of sp³-hybridized carbons (Fsp3) is 0.667. The molecule has 0 amide bonds. The average molecular weight is 220 g/mol. The Balaban J connectivity index is 1.92. The fourth-order valence-corrected chi connectivity index (χ4v) is 1.93. The summed E-state index contributed by atoms with van der Waals surface area (Å²) in [7, 11) is 2.06. The molecule has 1 heterocycles. The lowest BCUT2D eigenvalue weighted by atomic mass is 10.2. The predicted octanol–water partition coefficient (Wildman–Crippen LogP) is 1.07. The van der Waals surface area contributed by atoms with Crippen LogP contribution in [-0.2, 0) is 6.42 Å². The molecule has 1 aromatic heterocycles. The number of anilines is 1. The summed E-state index contributed by atoms with van der Waals surface area (Å²) in [6.07, 6.45) is 5.95. The molecule has 2 rings (SSSR count). The Kier molecular flexibility index (Phi) is 3.39. The van der Waals surface area contributed by atoms with Crippen molar-refractivity contribution < 1.29 is 0 Å². The topological polar surface area (TPSA) is 55.0 Å². The Labute approximate surface area is 96.9 Å². The summed E-state index contributed by atoms with van der Waals surface area (Å²) in [6, 6.07) is 0. The predicted molar refractivity (Wildman–Crippen MR) is 65.3 cm³/mol. The lowest BCUT2D eigenvalue weighted by Crippen LogP contribution is -2.22. The first kappa shape index (κ1) is 11.3. The van der Waals surface area contributed by atoms with Gasteiger partial charge in [0.25, 0.3) is 0 Å². The SMILES string of the molecule is CC1CC1CN(C)c1ncc(CCN)cn1. The monoisotopic (exact) mass is 220 g/mol. The van der Waals surface area contributed by atoms with Crippen LogP contribution >= 0.6 is 0 Å². The van der Waals surface area contributed by atoms with Crippen LogP contribution in [0.15, 0.2) is 12.4 Å². The molecule has 0 spiro atoms. The molecule has 0 radical (unpaired) electrons. The van der Waals surface area contributed by atoms with E-state index < -0.39 is 0 Å². The molecule has 1 fully saturated rings. The van der Waals surface area contributed by atoms with Crippen LogP contribution in [0.5, 0.6) is 0 Å². The maximum Gasteiger partial charge on any atom is 0.225 e. The van der Waals surface area contributed by atoms with Gasteiger partial charge in [-0.2, -0.15) is 0 Å². The summed E-state index contributed by atoms with van der Waals surface area (Å²) in [6.45, 7) is 4.01. The zero-order valence-electron chi connectivity index (χ0n) is 10.1. The summed E-state index contributed by atoms with van der Waals surface area (Å²) in [5, 5.41) is 0. The lowest BCUT2D eigenvalue weighted by molar-refractivity contribution is 0.710. The first-order valence-corrected chi connectivity index (χ1v) is 5.93. The summed E-state index contributed by atoms with van der Waals surface area (Å²) < 4.78 is 0. The highest BCUT2D eigenvalue weighted by Crippen LogP contribution is 2.38. The van der Waals surface area contributed by atoms with Crippen molar-refractivity contribution in [1.82, 2.24) is 9.97 Å². The standard InChI is InChI=1S/C12H20N4/c1-9-5-11(9)8-16(2)12-14-6-10(3-4-13)7-15-12/h6-7,9,11H,3-5,8,13H2,1-2H3. The number of nitrogens with two attached hydrogens (primary N) is 1. The van der Waals surface area contributed by atoms with Crippen LogP contribution in [0, 0.1) is 11.8 Å². The first-order valence-electron chi connectivity index (χ1n) is 5.93. The molecule has 88 valence electrons. The van der Waals surface area contributed by atoms with E-state index in [1.54, 1.807) is 0 Å². The maximum absolute atomic E-state index is 5.48. The Hall–Kier alpha value is -1.16. The van der Waals surface area contributed by atoms with Crippen LogP contribution in [0.2, 0.25) is 0 Å². The number of hydrogen-bond acceptors (Lipinski definition) is 4. The molecule has 4 nitrogen and oxygen atoms in total. The summed E-state index contributed by atoms with van der Waals surface area (Å²) in [5.41, 5.74) is 6.59. The minimum atomic E-state index is 0.651. The van der Waals surface area contributed by atoms with Gasteiger partial charge < -0.3 is 10.6 Å². The highest BCUT2D eigenvalue weighted by molar-refractivity contribution is 5.29. The summed E-state index contributed by atoms with van der Waals surface area (Å²) in [5.74, 6) is 2.52. The molecule has 1 aromatic rings. The van der Waals surface area contributed by atoms with Gasteiger partial charge in [-0.3, -0.25) is 0 Å². The van der Waals surface area contributed by atoms with Crippen molar-refractivity contribution in [2.75, 3.05) is 25.0 Å². The minimum Gasteiger partial charge on any atom is -0.344 e. The van der Waals surface area contributed by atoms with Crippen LogP contribution in [0.3, 0.4) is 0 Å². The zero-order chi connectivity index (χ0) is 11.5. The lowest BCUT2D eigenvalue weighted by Gasteiger charge is -2.16. The molecule has 0 aliphatic heterocycles. The number of hydrogen-bond donors (Lipinski definition) is 1. The van der Waals surface area contributed by atoms with E-state index in [0.29, 0.717) is 6.54 Å². The van der Waals surface area contributed by atoms with Gasteiger partial charge in [-0.1, -0.05) is 6.92 Å². The van der Waals surface area contributed by atoms with E-state index >= 15 is 0 Å². The molecule has 1 saturated carbocycles. The van der Waals surface area contributed by atoms with E-state index in [4.69, 9.17) is 5.73 Å². The van der Waals surface area contributed by atoms with Crippen molar-refractivity contribution in [3.05, 3.63) is 18.0 Å². The molecule has 2 N–H and O–H groups in total. The van der Waals surface area contributed by atoms with Crippen molar-refractivity contribution in [3.63, 3.8) is 0 Å². The van der Waals surface area contributed by atoms with Gasteiger partial charge in [-0.15, -0.1) is 0 Å². The van der Waals surface area contributed by atoms with Crippen molar-refractivity contribution in [1.29, 1.82) is 0 Å². The Bertz CT molecular complexity index is 335. The van der Waals surface area contributed by atoms with Gasteiger partial charge in [-0.05, 0) is 36.8 Å². The van der Waals surface area contributed by atoms with E-state index in [1.165, 1.54) is 6.42 Å². The van der Waals surface area contributed by atoms with Crippen molar-refractivity contribution in [2.45, 2.75) is 19.8 Å². The second-order valence-corrected chi connectivity index (χ2v) is 4.78. The first-order chi connectivity index (χ1) is 7.70. The second kappa shape index (κ2) is 4.78. The van der Waals surface area contributed by atoms with Crippen LogP contribution < -0.4 is 10.6 Å². The third-order valence-electron chi connectivity index (χ3n) is 3.25. The van der Waals surface area contributed by atoms with Crippen LogP contribution in [0.4, 0.5) is 5.95 Å². The van der Waals surface area contributed by atoms with Crippen LogP contribution in [0.1, 0.15) is 18.9 Å². The van der Waals surface area contributed by atoms with E-state index in [2.05, 4.69) is 28.8 Å². The number of aromatic nitrogens is 2. The molecule has 16 heavy (non-hydrogen) atoms. The molecule has 2 unspecified atom stereocenters. The highest BCUT2D eigenvalue weighted by Gasteiger charge is 2.33. The fourth-order valence-electron chi connectivity index (χ4n) is 1.93. The summed E-state index contributed by atoms with van der Waals surface area (Å²) >= 11 is 0. The van der Waals surface area contributed by atoms with Gasteiger partial charge in [-0.25, -0.2) is 9.97 Å². The molecular weight excluding hydrogens is 200 g/mol. The zero-order valence-corrected chi connectivity index (χ0v) is 10.1. The molecule has 1 aliphatic rings. The minimum absolute atomic E-state index is 0.651. The van der Waals surface area contributed by atoms with Gasteiger partial charge in [0.05, 0.1) is 0 Å². The van der Waals surface area contributed by atoms with Gasteiger partial charge >= 0.3 is 0 Å². The molecule has 2 atom stereocenters. The van der Waals surface area contributed by atoms with Gasteiger partial charge in [0, 0.05) is 26.0 Å². The molecule has 0 aromatic carbocycles. The molecular formula is C12H20N4. The summed E-state index contributed by atoms with van der Waals surface area (Å²) in [4.78, 5) is 10.9. The third kappa shape index (κ3) is 2.70. The van der Waals surface area contributed by atoms with Crippen molar-refractivity contribution in [2.24, 2.45) is 17.6 Å². The second-order valence-electron chi connectivity index (χ2n) is 4.78. The van der Waals surface area contributed by atoms with Gasteiger partial charge in [0.15, 0.2) is 0 Å². The largest absolute Gasteiger partial charge is 0.344 e. The Morgan fingerprint density at radius 1 is 1.44 bits per heavy atom. The van der Waals surface area contributed by atoms with Gasteiger partial charge in [0.1, 0.15) is 0 Å². The van der Waals surface area contributed by atoms with Crippen molar-refractivity contribution >= 4 is 5.95 Å². The van der Waals surface area contributed by atoms with E-state index in [-0.39, 0.29) is 0 Å². The Morgan fingerprint density at radius 2 is 2.06 bits per heavy atom. The van der Waals surface area contributed by atoms with Crippen molar-refractivity contribution in [3.8, 4) is 0 Å². The third-order valence-corrected chi connectivity index (χ3v) is 3.25. The highest BCUT2D eigenvalue weighted by atomic mass is 15.2. The average Bonchev–Trinajstić information content (AvgIpc) is 2.95. The Morgan fingerprint density at radius 3 is 2.56 bits per heavy atom.